The van der Waals surface area contributed by atoms with Gasteiger partial charge in [-0.05, 0) is 42.0 Å². The van der Waals surface area contributed by atoms with E-state index in [-0.39, 0.29) is 0 Å². The van der Waals surface area contributed by atoms with E-state index < -0.39 is 0 Å². The molecule has 21 heavy (non-hydrogen) atoms. The molecule has 0 radical (unpaired) electrons. The normalized spacial score (nSPS) is 10.3. The van der Waals surface area contributed by atoms with E-state index in [9.17, 15) is 0 Å². The van der Waals surface area contributed by atoms with E-state index in [2.05, 4.69) is 0 Å². The zero-order chi connectivity index (χ0) is 14.9. The van der Waals surface area contributed by atoms with Gasteiger partial charge in [-0.25, -0.2) is 0 Å². The lowest BCUT2D eigenvalue weighted by molar-refractivity contribution is 0.107. The minimum Gasteiger partial charge on any atom is -0.497 e. The van der Waals surface area contributed by atoms with Crippen molar-refractivity contribution in [1.82, 2.24) is 0 Å². The molecule has 0 aromatic heterocycles. The van der Waals surface area contributed by atoms with Crippen LogP contribution in [0.3, 0.4) is 0 Å². The monoisotopic (exact) mass is 287 g/mol. The van der Waals surface area contributed by atoms with Crippen LogP contribution in [0.2, 0.25) is 0 Å². The van der Waals surface area contributed by atoms with Crippen LogP contribution in [-0.4, -0.2) is 20.3 Å². The second kappa shape index (κ2) is 8.17. The van der Waals surface area contributed by atoms with Crippen LogP contribution in [0.1, 0.15) is 12.0 Å². The maximum atomic E-state index is 5.61. The van der Waals surface area contributed by atoms with E-state index in [0.717, 1.165) is 29.2 Å². The standard InChI is InChI=1S/C17H21NO3/c1-19-16-7-3-14(4-8-16)13-20-11-2-12-21-17-9-5-15(18)6-10-17/h3-10H,2,11-13,18H2,1H3. The molecule has 2 aromatic rings. The Kier molecular flexibility index (Phi) is 5.91. The van der Waals surface area contributed by atoms with E-state index in [1.165, 1.54) is 0 Å². The Morgan fingerprint density at radius 1 is 0.857 bits per heavy atom. The van der Waals surface area contributed by atoms with Crippen LogP contribution in [0.25, 0.3) is 0 Å². The third-order valence-corrected chi connectivity index (χ3v) is 3.01. The fourth-order valence-electron chi connectivity index (χ4n) is 1.83. The predicted octanol–water partition coefficient (Wildman–Crippen LogP) is 3.26. The summed E-state index contributed by atoms with van der Waals surface area (Å²) in [5.74, 6) is 1.69. The van der Waals surface area contributed by atoms with Crippen LogP contribution in [-0.2, 0) is 11.3 Å². The molecular formula is C17H21NO3. The number of benzene rings is 2. The molecule has 0 bridgehead atoms. The molecule has 0 aliphatic heterocycles. The third kappa shape index (κ3) is 5.36. The lowest BCUT2D eigenvalue weighted by Gasteiger charge is -2.07. The SMILES string of the molecule is COc1ccc(COCCCOc2ccc(N)cc2)cc1. The summed E-state index contributed by atoms with van der Waals surface area (Å²) < 4.78 is 16.3. The molecule has 0 fully saturated rings. The minimum atomic E-state index is 0.603. The van der Waals surface area contributed by atoms with E-state index in [4.69, 9.17) is 19.9 Å². The highest BCUT2D eigenvalue weighted by Gasteiger charge is 1.96. The first-order valence-corrected chi connectivity index (χ1v) is 6.97. The fraction of sp³-hybridized carbons (Fsp3) is 0.294. The zero-order valence-corrected chi connectivity index (χ0v) is 12.2. The van der Waals surface area contributed by atoms with Gasteiger partial charge < -0.3 is 19.9 Å². The number of nitrogen functional groups attached to an aromatic ring is 1. The van der Waals surface area contributed by atoms with Gasteiger partial charge in [0.25, 0.3) is 0 Å². The van der Waals surface area contributed by atoms with Crippen molar-refractivity contribution in [1.29, 1.82) is 0 Å². The van der Waals surface area contributed by atoms with Crippen LogP contribution in [0.5, 0.6) is 11.5 Å². The molecule has 0 saturated heterocycles. The van der Waals surface area contributed by atoms with Crippen LogP contribution < -0.4 is 15.2 Å². The molecule has 0 aliphatic rings. The van der Waals surface area contributed by atoms with Crippen molar-refractivity contribution in [3.63, 3.8) is 0 Å². The largest absolute Gasteiger partial charge is 0.497 e. The van der Waals surface area contributed by atoms with E-state index >= 15 is 0 Å². The second-order valence-corrected chi connectivity index (χ2v) is 4.67. The van der Waals surface area contributed by atoms with Gasteiger partial charge in [-0.3, -0.25) is 0 Å². The number of rotatable bonds is 8. The van der Waals surface area contributed by atoms with E-state index in [0.29, 0.717) is 19.8 Å². The molecule has 2 N–H and O–H groups in total. The maximum Gasteiger partial charge on any atom is 0.119 e. The number of anilines is 1. The molecule has 0 aliphatic carbocycles. The summed E-state index contributed by atoms with van der Waals surface area (Å²) >= 11 is 0. The van der Waals surface area contributed by atoms with Crippen molar-refractivity contribution >= 4 is 5.69 Å². The highest BCUT2D eigenvalue weighted by molar-refractivity contribution is 5.41. The van der Waals surface area contributed by atoms with Crippen molar-refractivity contribution in [2.75, 3.05) is 26.1 Å². The van der Waals surface area contributed by atoms with E-state index in [1.54, 1.807) is 7.11 Å². The Labute approximate surface area is 125 Å². The van der Waals surface area contributed by atoms with Gasteiger partial charge in [0.15, 0.2) is 0 Å². The van der Waals surface area contributed by atoms with Gasteiger partial charge in [-0.1, -0.05) is 12.1 Å². The summed E-state index contributed by atoms with van der Waals surface area (Å²) in [6.45, 7) is 1.90. The minimum absolute atomic E-state index is 0.603. The molecule has 0 atom stereocenters. The highest BCUT2D eigenvalue weighted by Crippen LogP contribution is 2.14. The van der Waals surface area contributed by atoms with E-state index in [1.807, 2.05) is 48.5 Å². The summed E-state index contributed by atoms with van der Waals surface area (Å²) in [6.07, 6.45) is 0.848. The molecule has 2 rings (SSSR count). The third-order valence-electron chi connectivity index (χ3n) is 3.01. The number of ether oxygens (including phenoxy) is 3. The Morgan fingerprint density at radius 2 is 1.52 bits per heavy atom. The average molecular weight is 287 g/mol. The average Bonchev–Trinajstić information content (AvgIpc) is 2.53. The zero-order valence-electron chi connectivity index (χ0n) is 12.2. The van der Waals surface area contributed by atoms with Gasteiger partial charge in [-0.15, -0.1) is 0 Å². The first-order chi connectivity index (χ1) is 10.3. The smallest absolute Gasteiger partial charge is 0.119 e. The van der Waals surface area contributed by atoms with Gasteiger partial charge >= 0.3 is 0 Å². The Bertz CT molecular complexity index is 523. The molecule has 4 nitrogen and oxygen atoms in total. The number of methoxy groups -OCH3 is 1. The molecule has 112 valence electrons. The Balaban J connectivity index is 1.58. The van der Waals surface area contributed by atoms with Crippen molar-refractivity contribution in [3.8, 4) is 11.5 Å². The summed E-state index contributed by atoms with van der Waals surface area (Å²) in [7, 11) is 1.66. The number of hydrogen-bond donors (Lipinski definition) is 1. The van der Waals surface area contributed by atoms with Gasteiger partial charge in [0.1, 0.15) is 11.5 Å². The highest BCUT2D eigenvalue weighted by atomic mass is 16.5. The molecule has 0 unspecified atom stereocenters. The fourth-order valence-corrected chi connectivity index (χ4v) is 1.83. The first kappa shape index (κ1) is 15.2. The molecular weight excluding hydrogens is 266 g/mol. The molecule has 0 saturated carbocycles. The van der Waals surface area contributed by atoms with Crippen molar-refractivity contribution in [3.05, 3.63) is 54.1 Å². The predicted molar refractivity (Wildman–Crippen MR) is 83.6 cm³/mol. The first-order valence-electron chi connectivity index (χ1n) is 6.97. The maximum absolute atomic E-state index is 5.61. The van der Waals surface area contributed by atoms with Crippen LogP contribution in [0, 0.1) is 0 Å². The second-order valence-electron chi connectivity index (χ2n) is 4.67. The molecule has 0 amide bonds. The van der Waals surface area contributed by atoms with Gasteiger partial charge in [0, 0.05) is 12.1 Å². The Hall–Kier alpha value is -2.20. The molecule has 0 heterocycles. The van der Waals surface area contributed by atoms with Gasteiger partial charge in [-0.2, -0.15) is 0 Å². The van der Waals surface area contributed by atoms with Gasteiger partial charge in [0.2, 0.25) is 0 Å². The molecule has 0 spiro atoms. The summed E-state index contributed by atoms with van der Waals surface area (Å²) in [5.41, 5.74) is 7.49. The van der Waals surface area contributed by atoms with Crippen LogP contribution in [0.15, 0.2) is 48.5 Å². The molecule has 2 aromatic carbocycles. The summed E-state index contributed by atoms with van der Waals surface area (Å²) in [5, 5.41) is 0. The summed E-state index contributed by atoms with van der Waals surface area (Å²) in [4.78, 5) is 0. The number of hydrogen-bond acceptors (Lipinski definition) is 4. The van der Waals surface area contributed by atoms with Crippen LogP contribution >= 0.6 is 0 Å². The van der Waals surface area contributed by atoms with Crippen molar-refractivity contribution in [2.45, 2.75) is 13.0 Å². The van der Waals surface area contributed by atoms with Crippen molar-refractivity contribution in [2.24, 2.45) is 0 Å². The lowest BCUT2D eigenvalue weighted by atomic mass is 10.2. The topological polar surface area (TPSA) is 53.7 Å². The Morgan fingerprint density at radius 3 is 2.19 bits per heavy atom. The summed E-state index contributed by atoms with van der Waals surface area (Å²) in [6, 6.07) is 15.3. The quantitative estimate of drug-likeness (QED) is 0.598. The lowest BCUT2D eigenvalue weighted by Crippen LogP contribution is -2.03. The number of nitrogens with two attached hydrogens (primary N) is 1. The van der Waals surface area contributed by atoms with Crippen LogP contribution in [0.4, 0.5) is 5.69 Å². The van der Waals surface area contributed by atoms with Crippen molar-refractivity contribution < 1.29 is 14.2 Å². The molecule has 4 heteroatoms. The van der Waals surface area contributed by atoms with Gasteiger partial charge in [0.05, 0.1) is 26.9 Å².